The Hall–Kier alpha value is -2.28. The van der Waals surface area contributed by atoms with Gasteiger partial charge < -0.3 is 19.4 Å². The summed E-state index contributed by atoms with van der Waals surface area (Å²) < 4.78 is 13.0. The highest BCUT2D eigenvalue weighted by atomic mass is 16.5. The lowest BCUT2D eigenvalue weighted by atomic mass is 10.2. The number of carbonyl (C=O) groups excluding carboxylic acids is 1. The summed E-state index contributed by atoms with van der Waals surface area (Å²) in [4.78, 5) is 12.4. The van der Waals surface area contributed by atoms with E-state index in [2.05, 4.69) is 15.5 Å². The lowest BCUT2D eigenvalue weighted by Crippen LogP contribution is -2.45. The molecule has 2 atom stereocenters. The SMILES string of the molecule is Cc1ccn(C)c1C(=O)N[C@H]1COC[C@H]1Oc1cn[nH]c1. The maximum absolute atomic E-state index is 12.4. The molecular formula is C14H18N4O3. The predicted molar refractivity (Wildman–Crippen MR) is 75.2 cm³/mol. The third-order valence-corrected chi connectivity index (χ3v) is 3.59. The third kappa shape index (κ3) is 2.78. The van der Waals surface area contributed by atoms with Crippen molar-refractivity contribution in [1.29, 1.82) is 0 Å². The van der Waals surface area contributed by atoms with Crippen molar-refractivity contribution in [2.24, 2.45) is 7.05 Å². The van der Waals surface area contributed by atoms with Gasteiger partial charge in [0, 0.05) is 13.2 Å². The maximum Gasteiger partial charge on any atom is 0.268 e. The number of hydrogen-bond donors (Lipinski definition) is 2. The second-order valence-corrected chi connectivity index (χ2v) is 5.17. The summed E-state index contributed by atoms with van der Waals surface area (Å²) in [5.74, 6) is 0.524. The van der Waals surface area contributed by atoms with Crippen LogP contribution in [0.15, 0.2) is 24.7 Å². The van der Waals surface area contributed by atoms with Gasteiger partial charge in [0.15, 0.2) is 5.75 Å². The number of aromatic amines is 1. The molecule has 0 spiro atoms. The molecule has 1 saturated heterocycles. The van der Waals surface area contributed by atoms with E-state index in [1.807, 2.05) is 30.8 Å². The molecular weight excluding hydrogens is 272 g/mol. The van der Waals surface area contributed by atoms with Crippen molar-refractivity contribution in [3.63, 3.8) is 0 Å². The Balaban J connectivity index is 1.67. The fourth-order valence-corrected chi connectivity index (χ4v) is 2.49. The summed E-state index contributed by atoms with van der Waals surface area (Å²) in [6.45, 7) is 2.81. The summed E-state index contributed by atoms with van der Waals surface area (Å²) in [6, 6.07) is 1.74. The maximum atomic E-state index is 12.4. The molecule has 1 aliphatic rings. The Morgan fingerprint density at radius 2 is 2.43 bits per heavy atom. The molecule has 1 amide bonds. The summed E-state index contributed by atoms with van der Waals surface area (Å²) in [5, 5.41) is 9.51. The number of hydrogen-bond acceptors (Lipinski definition) is 4. The minimum Gasteiger partial charge on any atom is -0.482 e. The average molecular weight is 290 g/mol. The molecule has 2 N–H and O–H groups in total. The Morgan fingerprint density at radius 3 is 3.10 bits per heavy atom. The molecule has 0 radical (unpaired) electrons. The molecule has 7 heteroatoms. The number of nitrogens with zero attached hydrogens (tertiary/aromatic N) is 2. The van der Waals surface area contributed by atoms with E-state index in [9.17, 15) is 4.79 Å². The van der Waals surface area contributed by atoms with Gasteiger partial charge in [0.05, 0.1) is 31.6 Å². The molecule has 21 heavy (non-hydrogen) atoms. The van der Waals surface area contributed by atoms with Crippen LogP contribution in [-0.2, 0) is 11.8 Å². The minimum atomic E-state index is -0.216. The fourth-order valence-electron chi connectivity index (χ4n) is 2.49. The molecule has 2 aromatic rings. The first-order chi connectivity index (χ1) is 10.1. The summed E-state index contributed by atoms with van der Waals surface area (Å²) in [7, 11) is 1.85. The standard InChI is InChI=1S/C14H18N4O3/c1-9-3-4-18(2)13(9)14(19)17-11-7-20-8-12(11)21-10-5-15-16-6-10/h3-6,11-12H,7-8H2,1-2H3,(H,15,16)(H,17,19)/t11-,12+/m0/s1. The van der Waals surface area contributed by atoms with Crippen molar-refractivity contribution in [2.45, 2.75) is 19.1 Å². The number of aromatic nitrogens is 3. The molecule has 7 nitrogen and oxygen atoms in total. The molecule has 0 aromatic carbocycles. The molecule has 0 bridgehead atoms. The predicted octanol–water partition coefficient (Wildman–Crippen LogP) is 0.633. The van der Waals surface area contributed by atoms with E-state index in [-0.39, 0.29) is 18.1 Å². The Bertz CT molecular complexity index is 601. The van der Waals surface area contributed by atoms with Gasteiger partial charge in [0.2, 0.25) is 0 Å². The highest BCUT2D eigenvalue weighted by molar-refractivity contribution is 5.94. The second-order valence-electron chi connectivity index (χ2n) is 5.17. The second kappa shape index (κ2) is 5.61. The van der Waals surface area contributed by atoms with Gasteiger partial charge in [0.1, 0.15) is 11.8 Å². The van der Waals surface area contributed by atoms with E-state index in [0.29, 0.717) is 24.7 Å². The van der Waals surface area contributed by atoms with E-state index in [1.165, 1.54) is 0 Å². The molecule has 0 unspecified atom stereocenters. The van der Waals surface area contributed by atoms with Crippen molar-refractivity contribution >= 4 is 5.91 Å². The van der Waals surface area contributed by atoms with E-state index in [0.717, 1.165) is 5.56 Å². The normalized spacial score (nSPS) is 21.4. The monoisotopic (exact) mass is 290 g/mol. The van der Waals surface area contributed by atoms with Crippen LogP contribution < -0.4 is 10.1 Å². The van der Waals surface area contributed by atoms with E-state index in [4.69, 9.17) is 9.47 Å². The Kier molecular flexibility index (Phi) is 3.66. The zero-order chi connectivity index (χ0) is 14.8. The first kappa shape index (κ1) is 13.7. The summed E-state index contributed by atoms with van der Waals surface area (Å²) in [6.07, 6.45) is 4.92. The number of amides is 1. The highest BCUT2D eigenvalue weighted by Crippen LogP contribution is 2.16. The van der Waals surface area contributed by atoms with Crippen molar-refractivity contribution < 1.29 is 14.3 Å². The lowest BCUT2D eigenvalue weighted by molar-refractivity contribution is 0.0895. The quantitative estimate of drug-likeness (QED) is 0.865. The van der Waals surface area contributed by atoms with Gasteiger partial charge >= 0.3 is 0 Å². The van der Waals surface area contributed by atoms with Gasteiger partial charge in [-0.2, -0.15) is 5.10 Å². The van der Waals surface area contributed by atoms with Gasteiger partial charge in [-0.25, -0.2) is 0 Å². The molecule has 0 aliphatic carbocycles. The Labute approximate surface area is 122 Å². The van der Waals surface area contributed by atoms with Crippen molar-refractivity contribution in [1.82, 2.24) is 20.1 Å². The zero-order valence-corrected chi connectivity index (χ0v) is 12.0. The van der Waals surface area contributed by atoms with E-state index >= 15 is 0 Å². The van der Waals surface area contributed by atoms with E-state index in [1.54, 1.807) is 12.4 Å². The molecule has 3 rings (SSSR count). The molecule has 2 aromatic heterocycles. The van der Waals surface area contributed by atoms with Gasteiger partial charge in [0.25, 0.3) is 5.91 Å². The van der Waals surface area contributed by atoms with Gasteiger partial charge in [-0.3, -0.25) is 9.89 Å². The molecule has 112 valence electrons. The summed E-state index contributed by atoms with van der Waals surface area (Å²) in [5.41, 5.74) is 1.60. The minimum absolute atomic E-state index is 0.115. The number of ether oxygens (including phenoxy) is 2. The topological polar surface area (TPSA) is 81.2 Å². The van der Waals surface area contributed by atoms with Gasteiger partial charge in [-0.15, -0.1) is 0 Å². The fraction of sp³-hybridized carbons (Fsp3) is 0.429. The smallest absolute Gasteiger partial charge is 0.268 e. The van der Waals surface area contributed by atoms with E-state index < -0.39 is 0 Å². The van der Waals surface area contributed by atoms with Crippen LogP contribution in [-0.4, -0.2) is 46.0 Å². The van der Waals surface area contributed by atoms with Crippen molar-refractivity contribution in [3.05, 3.63) is 35.9 Å². The zero-order valence-electron chi connectivity index (χ0n) is 12.0. The number of H-pyrrole nitrogens is 1. The number of rotatable bonds is 4. The lowest BCUT2D eigenvalue weighted by Gasteiger charge is -2.20. The molecule has 0 saturated carbocycles. The number of carbonyl (C=O) groups is 1. The van der Waals surface area contributed by atoms with Crippen LogP contribution in [0.2, 0.25) is 0 Å². The van der Waals surface area contributed by atoms with Crippen LogP contribution in [0.25, 0.3) is 0 Å². The van der Waals surface area contributed by atoms with Crippen LogP contribution in [0.3, 0.4) is 0 Å². The summed E-state index contributed by atoms with van der Waals surface area (Å²) >= 11 is 0. The van der Waals surface area contributed by atoms with Crippen molar-refractivity contribution in [2.75, 3.05) is 13.2 Å². The van der Waals surface area contributed by atoms with Crippen LogP contribution in [0.4, 0.5) is 0 Å². The van der Waals surface area contributed by atoms with Gasteiger partial charge in [-0.1, -0.05) is 0 Å². The first-order valence-electron chi connectivity index (χ1n) is 6.81. The highest BCUT2D eigenvalue weighted by Gasteiger charge is 2.32. The van der Waals surface area contributed by atoms with Crippen LogP contribution in [0.1, 0.15) is 16.1 Å². The number of nitrogens with one attached hydrogen (secondary N) is 2. The first-order valence-corrected chi connectivity index (χ1v) is 6.81. The number of aryl methyl sites for hydroxylation is 2. The molecule has 1 fully saturated rings. The van der Waals surface area contributed by atoms with Crippen LogP contribution in [0, 0.1) is 6.92 Å². The third-order valence-electron chi connectivity index (χ3n) is 3.59. The van der Waals surface area contributed by atoms with Gasteiger partial charge in [-0.05, 0) is 18.6 Å². The average Bonchev–Trinajstić information content (AvgIpc) is 3.15. The van der Waals surface area contributed by atoms with Crippen LogP contribution >= 0.6 is 0 Å². The molecule has 1 aliphatic heterocycles. The Morgan fingerprint density at radius 1 is 1.57 bits per heavy atom. The van der Waals surface area contributed by atoms with Crippen molar-refractivity contribution in [3.8, 4) is 5.75 Å². The molecule has 3 heterocycles. The van der Waals surface area contributed by atoms with Crippen LogP contribution in [0.5, 0.6) is 5.75 Å². The largest absolute Gasteiger partial charge is 0.482 e.